The van der Waals surface area contributed by atoms with Crippen molar-refractivity contribution in [2.45, 2.75) is 0 Å². The first-order valence-electron chi connectivity index (χ1n) is 1.80. The smallest absolute Gasteiger partial charge is 0.296 e. The van der Waals surface area contributed by atoms with E-state index < -0.39 is 0 Å². The minimum Gasteiger partial charge on any atom is -0.335 e. The average molecular weight is 116 g/mol. The van der Waals surface area contributed by atoms with Gasteiger partial charge in [-0.1, -0.05) is 0 Å². The SMILES string of the molecule is c1cooo[siH]c1. The Labute approximate surface area is 42.0 Å². The van der Waals surface area contributed by atoms with E-state index in [2.05, 4.69) is 13.6 Å². The zero-order valence-corrected chi connectivity index (χ0v) is 4.69. The third kappa shape index (κ3) is 1.40. The Morgan fingerprint density at radius 3 is 3.43 bits per heavy atom. The highest BCUT2D eigenvalue weighted by Crippen LogP contribution is 1.74. The summed E-state index contributed by atoms with van der Waals surface area (Å²) in [6.45, 7) is 0. The zero-order valence-electron chi connectivity index (χ0n) is 3.53. The maximum Gasteiger partial charge on any atom is 0.296 e. The molecule has 0 unspecified atom stereocenters. The molecule has 1 rings (SSSR count). The first kappa shape index (κ1) is 4.39. The Kier molecular flexibility index (Phi) is 1.51. The maximum absolute atomic E-state index is 4.44. The highest BCUT2D eigenvalue weighted by atomic mass is 28.2. The van der Waals surface area contributed by atoms with Gasteiger partial charge in [-0.2, -0.15) is 0 Å². The van der Waals surface area contributed by atoms with E-state index in [0.29, 0.717) is 0 Å². The molecule has 0 aromatic carbocycles. The molecule has 0 aliphatic heterocycles. The van der Waals surface area contributed by atoms with Crippen LogP contribution in [0, 0.1) is 0 Å². The van der Waals surface area contributed by atoms with Gasteiger partial charge in [0.2, 0.25) is 0 Å². The van der Waals surface area contributed by atoms with Gasteiger partial charge in [0.1, 0.15) is 6.26 Å². The van der Waals surface area contributed by atoms with Crippen molar-refractivity contribution in [2.75, 3.05) is 0 Å². The molecular weight excluding hydrogens is 112 g/mol. The lowest BCUT2D eigenvalue weighted by atomic mass is 10.8. The van der Waals surface area contributed by atoms with Crippen molar-refractivity contribution >= 4 is 9.38 Å². The van der Waals surface area contributed by atoms with Gasteiger partial charge >= 0.3 is 0 Å². The lowest BCUT2D eigenvalue weighted by Gasteiger charge is -1.61. The molecule has 1 heterocycles. The second kappa shape index (κ2) is 2.41. The summed E-state index contributed by atoms with van der Waals surface area (Å²) in [5.74, 6) is 0. The van der Waals surface area contributed by atoms with Gasteiger partial charge in [-0.05, 0) is 11.7 Å². The minimum absolute atomic E-state index is 0.175. The van der Waals surface area contributed by atoms with Crippen molar-refractivity contribution in [1.82, 2.24) is 0 Å². The monoisotopic (exact) mass is 116 g/mol. The minimum atomic E-state index is -0.175. The summed E-state index contributed by atoms with van der Waals surface area (Å²) in [5.41, 5.74) is 1.85. The third-order valence-corrected chi connectivity index (χ3v) is 1.03. The van der Waals surface area contributed by atoms with Crippen molar-refractivity contribution in [3.8, 4) is 0 Å². The van der Waals surface area contributed by atoms with Crippen LogP contribution in [0.5, 0.6) is 0 Å². The van der Waals surface area contributed by atoms with Gasteiger partial charge in [0.25, 0.3) is 9.38 Å². The van der Waals surface area contributed by atoms with Crippen molar-refractivity contribution in [3.05, 3.63) is 18.0 Å². The molecule has 0 aliphatic rings. The molecule has 7 heavy (non-hydrogen) atoms. The Morgan fingerprint density at radius 1 is 1.43 bits per heavy atom. The van der Waals surface area contributed by atoms with Gasteiger partial charge < -0.3 is 4.26 Å². The molecule has 0 radical (unpaired) electrons. The summed E-state index contributed by atoms with van der Waals surface area (Å²) in [5, 5.41) is 0. The van der Waals surface area contributed by atoms with E-state index in [1.807, 2.05) is 5.68 Å². The molecule has 3 nitrogen and oxygen atoms in total. The van der Waals surface area contributed by atoms with Crippen LogP contribution in [0.3, 0.4) is 0 Å². The van der Waals surface area contributed by atoms with Crippen LogP contribution in [0.2, 0.25) is 0 Å². The third-order valence-electron chi connectivity index (χ3n) is 0.458. The topological polar surface area (TPSA) is 39.4 Å². The van der Waals surface area contributed by atoms with Crippen LogP contribution in [0.4, 0.5) is 0 Å². The normalized spacial score (nSPS) is 8.00. The molecule has 1 aromatic heterocycles. The summed E-state index contributed by atoms with van der Waals surface area (Å²) in [7, 11) is -0.175. The standard InChI is InChI=1S/C3H4O3Si/c1-2-4-5-6-7-3-1/h1-3,7H. The fourth-order valence-electron chi connectivity index (χ4n) is 0.223. The first-order valence-corrected chi connectivity index (χ1v) is 2.94. The Hall–Kier alpha value is -0.773. The Bertz CT molecular complexity index is 98.2. The molecule has 0 saturated carbocycles. The van der Waals surface area contributed by atoms with Crippen molar-refractivity contribution in [3.63, 3.8) is 0 Å². The Morgan fingerprint density at radius 2 is 2.43 bits per heavy atom. The zero-order chi connectivity index (χ0) is 4.95. The fraction of sp³-hybridized carbons (Fsp3) is 0. The number of rotatable bonds is 0. The molecule has 4 heteroatoms. The van der Waals surface area contributed by atoms with Crippen LogP contribution < -0.4 is 0 Å². The average Bonchev–Trinajstić information content (AvgIpc) is 1.90. The maximum atomic E-state index is 4.44. The molecule has 0 amide bonds. The van der Waals surface area contributed by atoms with E-state index in [0.717, 1.165) is 0 Å². The lowest BCUT2D eigenvalue weighted by molar-refractivity contribution is -0.156. The van der Waals surface area contributed by atoms with Gasteiger partial charge in [-0.25, -0.2) is 0 Å². The van der Waals surface area contributed by atoms with E-state index in [1.54, 1.807) is 6.07 Å². The first-order chi connectivity index (χ1) is 3.50. The van der Waals surface area contributed by atoms with Crippen molar-refractivity contribution in [1.29, 1.82) is 0 Å². The van der Waals surface area contributed by atoms with Crippen LogP contribution in [0.1, 0.15) is 0 Å². The molecule has 1 aromatic rings. The predicted molar refractivity (Wildman–Crippen MR) is 23.6 cm³/mol. The lowest BCUT2D eigenvalue weighted by Crippen LogP contribution is -1.51. The second-order valence-corrected chi connectivity index (χ2v) is 1.77. The second-order valence-electron chi connectivity index (χ2n) is 0.918. The van der Waals surface area contributed by atoms with Crippen LogP contribution in [-0.4, -0.2) is 9.38 Å². The molecule has 0 saturated heterocycles. The summed E-state index contributed by atoms with van der Waals surface area (Å²) in [6, 6.07) is 1.74. The highest BCUT2D eigenvalue weighted by Gasteiger charge is 1.62. The van der Waals surface area contributed by atoms with Gasteiger partial charge in [0.15, 0.2) is 0 Å². The molecule has 0 atom stereocenters. The van der Waals surface area contributed by atoms with E-state index in [1.165, 1.54) is 6.26 Å². The van der Waals surface area contributed by atoms with E-state index in [-0.39, 0.29) is 9.38 Å². The molecule has 0 N–H and O–H groups in total. The van der Waals surface area contributed by atoms with E-state index in [9.17, 15) is 0 Å². The summed E-state index contributed by atoms with van der Waals surface area (Å²) in [6.07, 6.45) is 1.42. The van der Waals surface area contributed by atoms with Crippen LogP contribution in [0.15, 0.2) is 31.6 Å². The number of hydrogen-bond acceptors (Lipinski definition) is 3. The van der Waals surface area contributed by atoms with Crippen molar-refractivity contribution in [2.24, 2.45) is 0 Å². The van der Waals surface area contributed by atoms with Gasteiger partial charge in [-0.3, -0.25) is 4.58 Å². The molecule has 38 valence electrons. The van der Waals surface area contributed by atoms with Crippen LogP contribution >= 0.6 is 0 Å². The summed E-state index contributed by atoms with van der Waals surface area (Å²) >= 11 is 0. The molecule has 0 aliphatic carbocycles. The van der Waals surface area contributed by atoms with Gasteiger partial charge in [-0.15, -0.1) is 4.74 Å². The largest absolute Gasteiger partial charge is 0.335 e. The van der Waals surface area contributed by atoms with E-state index in [4.69, 9.17) is 0 Å². The summed E-state index contributed by atoms with van der Waals surface area (Å²) < 4.78 is 12.8. The summed E-state index contributed by atoms with van der Waals surface area (Å²) in [4.78, 5) is 0. The van der Waals surface area contributed by atoms with Gasteiger partial charge in [0, 0.05) is 0 Å². The fourth-order valence-corrected chi connectivity index (χ4v) is 0.559. The highest BCUT2D eigenvalue weighted by molar-refractivity contribution is 6.15. The van der Waals surface area contributed by atoms with Crippen LogP contribution in [0.25, 0.3) is 0 Å². The predicted octanol–water partition coefficient (Wildman–Crippen LogP) is 0.660. The number of hydrogen-bond donors (Lipinski definition) is 0. The van der Waals surface area contributed by atoms with E-state index >= 15 is 0 Å². The molecule has 0 fully saturated rings. The van der Waals surface area contributed by atoms with Crippen molar-refractivity contribution < 1.29 is 13.6 Å². The Balaban J connectivity index is 3.06. The van der Waals surface area contributed by atoms with Gasteiger partial charge in [0.05, 0.1) is 0 Å². The molecular formula is C3H4O3Si. The quantitative estimate of drug-likeness (QED) is 0.369. The molecule has 0 spiro atoms. The van der Waals surface area contributed by atoms with Crippen LogP contribution in [-0.2, 0) is 0 Å². The molecule has 0 bridgehead atoms.